The second-order valence-electron chi connectivity index (χ2n) is 9.87. The van der Waals surface area contributed by atoms with Crippen molar-refractivity contribution in [1.29, 1.82) is 0 Å². The van der Waals surface area contributed by atoms with Crippen molar-refractivity contribution < 1.29 is 14.3 Å². The average Bonchev–Trinajstić information content (AvgIpc) is 2.90. The normalized spacial score (nSPS) is 12.0. The molecule has 0 aliphatic carbocycles. The van der Waals surface area contributed by atoms with Crippen LogP contribution in [0.15, 0.2) is 36.7 Å². The largest absolute Gasteiger partial charge is 0.425 e. The van der Waals surface area contributed by atoms with Gasteiger partial charge in [-0.2, -0.15) is 0 Å². The summed E-state index contributed by atoms with van der Waals surface area (Å²) in [4.78, 5) is 21.4. The third-order valence-electron chi connectivity index (χ3n) is 6.55. The molecule has 0 fully saturated rings. The highest BCUT2D eigenvalue weighted by atomic mass is 16.6. The van der Waals surface area contributed by atoms with Crippen LogP contribution >= 0.6 is 0 Å². The molecule has 5 nitrogen and oxygen atoms in total. The lowest BCUT2D eigenvalue weighted by atomic mass is 10.1. The number of hydrogen-bond donors (Lipinski definition) is 0. The molecule has 0 aliphatic rings. The summed E-state index contributed by atoms with van der Waals surface area (Å²) in [6.45, 7) is 6.81. The molecule has 1 aromatic heterocycles. The van der Waals surface area contributed by atoms with Crippen LogP contribution in [0, 0.1) is 0 Å². The molecular weight excluding hydrogens is 448 g/mol. The Bertz CT molecular complexity index is 821. The monoisotopic (exact) mass is 496 g/mol. The Balaban J connectivity index is 1.67. The molecule has 1 heterocycles. The van der Waals surface area contributed by atoms with Gasteiger partial charge in [-0.15, -0.1) is 0 Å². The number of nitrogens with zero attached hydrogens (tertiary/aromatic N) is 2. The number of ether oxygens (including phenoxy) is 2. The molecule has 200 valence electrons. The summed E-state index contributed by atoms with van der Waals surface area (Å²) >= 11 is 0. The lowest BCUT2D eigenvalue weighted by molar-refractivity contribution is -0.146. The molecule has 36 heavy (non-hydrogen) atoms. The van der Waals surface area contributed by atoms with Gasteiger partial charge in [0.05, 0.1) is 0 Å². The molecular formula is C31H48N2O3. The number of esters is 1. The van der Waals surface area contributed by atoms with Crippen LogP contribution in [-0.2, 0) is 16.0 Å². The van der Waals surface area contributed by atoms with Crippen LogP contribution in [0.3, 0.4) is 0 Å². The molecule has 0 spiro atoms. The van der Waals surface area contributed by atoms with E-state index in [2.05, 4.69) is 23.8 Å². The van der Waals surface area contributed by atoms with E-state index >= 15 is 0 Å². The third kappa shape index (κ3) is 12.6. The first kappa shape index (κ1) is 30.0. The van der Waals surface area contributed by atoms with Crippen LogP contribution in [0.1, 0.15) is 116 Å². The molecule has 0 saturated carbocycles. The molecule has 0 radical (unpaired) electrons. The number of rotatable bonds is 20. The number of benzene rings is 1. The van der Waals surface area contributed by atoms with Crippen LogP contribution in [-0.4, -0.2) is 28.6 Å². The highest BCUT2D eigenvalue weighted by Crippen LogP contribution is 2.20. The zero-order chi connectivity index (χ0) is 25.8. The number of hydrogen-bond acceptors (Lipinski definition) is 5. The maximum absolute atomic E-state index is 12.3. The smallest absolute Gasteiger partial charge is 0.340 e. The average molecular weight is 497 g/mol. The van der Waals surface area contributed by atoms with Gasteiger partial charge in [0.1, 0.15) is 5.75 Å². The molecule has 0 aliphatic heterocycles. The van der Waals surface area contributed by atoms with Crippen LogP contribution in [0.4, 0.5) is 0 Å². The van der Waals surface area contributed by atoms with Crippen molar-refractivity contribution in [3.05, 3.63) is 42.2 Å². The fraction of sp³-hybridized carbons (Fsp3) is 0.645. The van der Waals surface area contributed by atoms with Crippen LogP contribution in [0.5, 0.6) is 5.75 Å². The van der Waals surface area contributed by atoms with Gasteiger partial charge >= 0.3 is 5.97 Å². The Morgan fingerprint density at radius 1 is 0.750 bits per heavy atom. The predicted octanol–water partition coefficient (Wildman–Crippen LogP) is 8.50. The predicted molar refractivity (Wildman–Crippen MR) is 148 cm³/mol. The summed E-state index contributed by atoms with van der Waals surface area (Å²) in [6, 6.07) is 7.34. The topological polar surface area (TPSA) is 61.3 Å². The van der Waals surface area contributed by atoms with E-state index in [1.165, 1.54) is 82.6 Å². The van der Waals surface area contributed by atoms with E-state index in [1.807, 2.05) is 24.5 Å². The van der Waals surface area contributed by atoms with Crippen molar-refractivity contribution in [2.45, 2.75) is 123 Å². The number of aryl methyl sites for hydroxylation is 1. The van der Waals surface area contributed by atoms with E-state index in [1.54, 1.807) is 19.1 Å². The van der Waals surface area contributed by atoms with E-state index in [4.69, 9.17) is 9.47 Å². The first-order chi connectivity index (χ1) is 17.6. The first-order valence-corrected chi connectivity index (χ1v) is 14.4. The summed E-state index contributed by atoms with van der Waals surface area (Å²) in [5.74, 6) is 0.823. The third-order valence-corrected chi connectivity index (χ3v) is 6.55. The van der Waals surface area contributed by atoms with Gasteiger partial charge in [0, 0.05) is 24.6 Å². The highest BCUT2D eigenvalue weighted by molar-refractivity contribution is 5.77. The lowest BCUT2D eigenvalue weighted by Crippen LogP contribution is -2.26. The molecule has 0 saturated heterocycles. The van der Waals surface area contributed by atoms with Crippen LogP contribution in [0.2, 0.25) is 0 Å². The number of carbonyl (C=O) groups is 1. The fourth-order valence-corrected chi connectivity index (χ4v) is 4.18. The minimum absolute atomic E-state index is 0.365. The Hall–Kier alpha value is -2.27. The van der Waals surface area contributed by atoms with Gasteiger partial charge in [-0.25, -0.2) is 14.8 Å². The summed E-state index contributed by atoms with van der Waals surface area (Å²) in [6.07, 6.45) is 22.1. The number of carbonyl (C=O) groups excluding carboxylic acids is 1. The number of aromatic nitrogens is 2. The minimum Gasteiger partial charge on any atom is -0.425 e. The van der Waals surface area contributed by atoms with Gasteiger partial charge in [-0.1, -0.05) is 90.9 Å². The van der Waals surface area contributed by atoms with E-state index in [0.717, 1.165) is 24.8 Å². The molecule has 0 N–H and O–H groups in total. The molecule has 0 bridgehead atoms. The molecule has 1 unspecified atom stereocenters. The second-order valence-corrected chi connectivity index (χ2v) is 9.87. The summed E-state index contributed by atoms with van der Waals surface area (Å²) < 4.78 is 11.1. The Morgan fingerprint density at radius 3 is 1.86 bits per heavy atom. The summed E-state index contributed by atoms with van der Waals surface area (Å²) in [7, 11) is 0. The SMILES string of the molecule is CCCCCCCCCCc1cnc(-c2ccc(OC(=O)C(C)OCCCCCCCC)cc2)nc1. The van der Waals surface area contributed by atoms with Gasteiger partial charge in [0.25, 0.3) is 0 Å². The molecule has 1 aromatic carbocycles. The standard InChI is InChI=1S/C31H48N2O3/c1-4-6-8-10-12-13-14-16-18-27-24-32-30(33-25-27)28-19-21-29(22-20-28)36-31(34)26(3)35-23-17-15-11-9-7-5-2/h19-22,24-26H,4-18,23H2,1-3H3. The molecule has 0 amide bonds. The fourth-order valence-electron chi connectivity index (χ4n) is 4.18. The minimum atomic E-state index is -0.572. The first-order valence-electron chi connectivity index (χ1n) is 14.4. The van der Waals surface area contributed by atoms with Crippen molar-refractivity contribution in [3.63, 3.8) is 0 Å². The second kappa shape index (κ2) is 18.9. The van der Waals surface area contributed by atoms with Crippen molar-refractivity contribution in [2.75, 3.05) is 6.61 Å². The molecule has 1 atom stereocenters. The van der Waals surface area contributed by atoms with Gasteiger partial charge in [-0.05, 0) is 56.0 Å². The molecule has 2 aromatic rings. The van der Waals surface area contributed by atoms with Gasteiger partial charge in [0.15, 0.2) is 11.9 Å². The van der Waals surface area contributed by atoms with Gasteiger partial charge in [-0.3, -0.25) is 0 Å². The Kier molecular flexibility index (Phi) is 15.7. The zero-order valence-corrected chi connectivity index (χ0v) is 23.0. The van der Waals surface area contributed by atoms with Gasteiger partial charge < -0.3 is 9.47 Å². The quantitative estimate of drug-likeness (QED) is 0.104. The van der Waals surface area contributed by atoms with E-state index in [9.17, 15) is 4.79 Å². The summed E-state index contributed by atoms with van der Waals surface area (Å²) in [5, 5.41) is 0. The Morgan fingerprint density at radius 2 is 1.28 bits per heavy atom. The van der Waals surface area contributed by atoms with Crippen LogP contribution in [0.25, 0.3) is 11.4 Å². The van der Waals surface area contributed by atoms with E-state index in [-0.39, 0.29) is 5.97 Å². The van der Waals surface area contributed by atoms with E-state index in [0.29, 0.717) is 18.2 Å². The number of unbranched alkanes of at least 4 members (excludes halogenated alkanes) is 12. The molecule has 5 heteroatoms. The van der Waals surface area contributed by atoms with Crippen molar-refractivity contribution in [1.82, 2.24) is 9.97 Å². The highest BCUT2D eigenvalue weighted by Gasteiger charge is 2.16. The molecule has 2 rings (SSSR count). The van der Waals surface area contributed by atoms with Crippen molar-refractivity contribution in [2.24, 2.45) is 0 Å². The van der Waals surface area contributed by atoms with E-state index < -0.39 is 6.10 Å². The summed E-state index contributed by atoms with van der Waals surface area (Å²) in [5.41, 5.74) is 2.09. The maximum atomic E-state index is 12.3. The lowest BCUT2D eigenvalue weighted by Gasteiger charge is -2.12. The van der Waals surface area contributed by atoms with Crippen LogP contribution < -0.4 is 4.74 Å². The van der Waals surface area contributed by atoms with Crippen molar-refractivity contribution >= 4 is 5.97 Å². The van der Waals surface area contributed by atoms with Crippen molar-refractivity contribution in [3.8, 4) is 17.1 Å². The Labute approximate surface area is 219 Å². The van der Waals surface area contributed by atoms with Gasteiger partial charge in [0.2, 0.25) is 0 Å². The zero-order valence-electron chi connectivity index (χ0n) is 23.0. The maximum Gasteiger partial charge on any atom is 0.340 e.